The van der Waals surface area contributed by atoms with Crippen LogP contribution in [0, 0.1) is 5.92 Å². The smallest absolute Gasteiger partial charge is 0.0871 e. The Bertz CT molecular complexity index is 285. The van der Waals surface area contributed by atoms with Crippen LogP contribution in [-0.4, -0.2) is 5.11 Å². The molecule has 1 N–H and O–H groups in total. The molecule has 14 heavy (non-hydrogen) atoms. The Hall–Kier alpha value is -0.820. The lowest BCUT2D eigenvalue weighted by atomic mass is 9.76. The van der Waals surface area contributed by atoms with Gasteiger partial charge >= 0.3 is 0 Å². The first-order chi connectivity index (χ1) is 6.68. The molecule has 1 aromatic carbocycles. The van der Waals surface area contributed by atoms with Crippen LogP contribution in [0.3, 0.4) is 0 Å². The van der Waals surface area contributed by atoms with E-state index >= 15 is 0 Å². The molecule has 1 aliphatic carbocycles. The van der Waals surface area contributed by atoms with E-state index in [4.69, 9.17) is 0 Å². The lowest BCUT2D eigenvalue weighted by molar-refractivity contribution is 0.0161. The Kier molecular flexibility index (Phi) is 2.60. The maximum atomic E-state index is 10.3. The Morgan fingerprint density at radius 2 is 1.93 bits per heavy atom. The summed E-state index contributed by atoms with van der Waals surface area (Å²) in [5, 5.41) is 10.3. The van der Waals surface area contributed by atoms with Crippen LogP contribution in [0.25, 0.3) is 0 Å². The van der Waals surface area contributed by atoms with Gasteiger partial charge in [0.15, 0.2) is 0 Å². The summed E-state index contributed by atoms with van der Waals surface area (Å²) >= 11 is 0. The van der Waals surface area contributed by atoms with E-state index < -0.39 is 5.60 Å². The van der Waals surface area contributed by atoms with Gasteiger partial charge in [-0.2, -0.15) is 0 Å². The SMILES string of the molecule is CC(O)(CC1CCC1)c1ccccc1. The van der Waals surface area contributed by atoms with Gasteiger partial charge < -0.3 is 5.11 Å². The first-order valence-electron chi connectivity index (χ1n) is 5.46. The van der Waals surface area contributed by atoms with E-state index in [-0.39, 0.29) is 0 Å². The van der Waals surface area contributed by atoms with Gasteiger partial charge in [0.1, 0.15) is 0 Å². The summed E-state index contributed by atoms with van der Waals surface area (Å²) in [6.45, 7) is 1.93. The third-order valence-electron chi connectivity index (χ3n) is 3.31. The Morgan fingerprint density at radius 3 is 2.43 bits per heavy atom. The zero-order valence-electron chi connectivity index (χ0n) is 8.74. The summed E-state index contributed by atoms with van der Waals surface area (Å²) in [5.74, 6) is 0.741. The molecule has 0 spiro atoms. The highest BCUT2D eigenvalue weighted by Gasteiger charge is 2.29. The van der Waals surface area contributed by atoms with Crippen LogP contribution in [0.4, 0.5) is 0 Å². The molecule has 1 heteroatoms. The van der Waals surface area contributed by atoms with Crippen molar-refractivity contribution in [3.63, 3.8) is 0 Å². The zero-order chi connectivity index (χ0) is 10.0. The van der Waals surface area contributed by atoms with Crippen LogP contribution < -0.4 is 0 Å². The molecule has 1 aromatic rings. The van der Waals surface area contributed by atoms with Gasteiger partial charge in [-0.3, -0.25) is 0 Å². The molecule has 76 valence electrons. The highest BCUT2D eigenvalue weighted by molar-refractivity contribution is 5.21. The summed E-state index contributed by atoms with van der Waals surface area (Å²) in [7, 11) is 0. The van der Waals surface area contributed by atoms with E-state index in [9.17, 15) is 5.11 Å². The second-order valence-corrected chi connectivity index (χ2v) is 4.64. The lowest BCUT2D eigenvalue weighted by Crippen LogP contribution is -2.27. The quantitative estimate of drug-likeness (QED) is 0.776. The van der Waals surface area contributed by atoms with Crippen molar-refractivity contribution in [3.05, 3.63) is 35.9 Å². The molecule has 0 aliphatic heterocycles. The minimum absolute atomic E-state index is 0.633. The molecule has 1 atom stereocenters. The van der Waals surface area contributed by atoms with Crippen molar-refractivity contribution < 1.29 is 5.11 Å². The van der Waals surface area contributed by atoms with Gasteiger partial charge in [0.05, 0.1) is 5.60 Å². The largest absolute Gasteiger partial charge is 0.385 e. The van der Waals surface area contributed by atoms with E-state index in [0.717, 1.165) is 17.9 Å². The highest BCUT2D eigenvalue weighted by atomic mass is 16.3. The van der Waals surface area contributed by atoms with Gasteiger partial charge in [-0.1, -0.05) is 49.6 Å². The summed E-state index contributed by atoms with van der Waals surface area (Å²) in [4.78, 5) is 0. The molecule has 0 saturated heterocycles. The molecule has 1 nitrogen and oxygen atoms in total. The standard InChI is InChI=1S/C13H18O/c1-13(14,10-11-6-5-7-11)12-8-3-2-4-9-12/h2-4,8-9,11,14H,5-7,10H2,1H3. The van der Waals surface area contributed by atoms with Gasteiger partial charge in [-0.15, -0.1) is 0 Å². The molecular formula is C13H18O. The van der Waals surface area contributed by atoms with Crippen molar-refractivity contribution in [1.29, 1.82) is 0 Å². The topological polar surface area (TPSA) is 20.2 Å². The number of hydrogen-bond acceptors (Lipinski definition) is 1. The summed E-state index contributed by atoms with van der Waals surface area (Å²) in [6, 6.07) is 10.00. The predicted octanol–water partition coefficient (Wildman–Crippen LogP) is 3.08. The maximum Gasteiger partial charge on any atom is 0.0871 e. The van der Waals surface area contributed by atoms with Gasteiger partial charge in [0.25, 0.3) is 0 Å². The summed E-state index contributed by atoms with van der Waals surface area (Å²) < 4.78 is 0. The van der Waals surface area contributed by atoms with Crippen LogP contribution in [0.1, 0.15) is 38.2 Å². The van der Waals surface area contributed by atoms with Crippen molar-refractivity contribution in [2.45, 2.75) is 38.2 Å². The summed E-state index contributed by atoms with van der Waals surface area (Å²) in [6.07, 6.45) is 4.85. The van der Waals surface area contributed by atoms with E-state index in [0.29, 0.717) is 0 Å². The van der Waals surface area contributed by atoms with Gasteiger partial charge in [-0.25, -0.2) is 0 Å². The van der Waals surface area contributed by atoms with Crippen LogP contribution in [0.15, 0.2) is 30.3 Å². The highest BCUT2D eigenvalue weighted by Crippen LogP contribution is 2.37. The molecule has 1 saturated carbocycles. The fourth-order valence-electron chi connectivity index (χ4n) is 2.17. The fourth-order valence-corrected chi connectivity index (χ4v) is 2.17. The molecule has 0 aromatic heterocycles. The maximum absolute atomic E-state index is 10.3. The molecule has 1 aliphatic rings. The van der Waals surface area contributed by atoms with Gasteiger partial charge in [0, 0.05) is 0 Å². The number of rotatable bonds is 3. The van der Waals surface area contributed by atoms with Crippen LogP contribution in [0.5, 0.6) is 0 Å². The molecule has 0 radical (unpaired) electrons. The van der Waals surface area contributed by atoms with E-state index in [1.54, 1.807) is 0 Å². The average molecular weight is 190 g/mol. The number of hydrogen-bond donors (Lipinski definition) is 1. The third-order valence-corrected chi connectivity index (χ3v) is 3.31. The third kappa shape index (κ3) is 1.98. The Morgan fingerprint density at radius 1 is 1.29 bits per heavy atom. The molecule has 0 heterocycles. The van der Waals surface area contributed by atoms with Gasteiger partial charge in [0.2, 0.25) is 0 Å². The second kappa shape index (κ2) is 3.74. The fraction of sp³-hybridized carbons (Fsp3) is 0.538. The van der Waals surface area contributed by atoms with Crippen LogP contribution in [-0.2, 0) is 5.60 Å². The van der Waals surface area contributed by atoms with Crippen molar-refractivity contribution in [2.75, 3.05) is 0 Å². The van der Waals surface area contributed by atoms with Crippen molar-refractivity contribution in [3.8, 4) is 0 Å². The molecule has 1 unspecified atom stereocenters. The van der Waals surface area contributed by atoms with Crippen molar-refractivity contribution in [1.82, 2.24) is 0 Å². The van der Waals surface area contributed by atoms with E-state index in [2.05, 4.69) is 0 Å². The van der Waals surface area contributed by atoms with Gasteiger partial charge in [-0.05, 0) is 24.8 Å². The Labute approximate surface area is 85.8 Å². The molecule has 0 amide bonds. The average Bonchev–Trinajstić information content (AvgIpc) is 2.13. The monoisotopic (exact) mass is 190 g/mol. The molecule has 1 fully saturated rings. The lowest BCUT2D eigenvalue weighted by Gasteiger charge is -2.33. The minimum atomic E-state index is -0.633. The molecule has 2 rings (SSSR count). The Balaban J connectivity index is 2.06. The van der Waals surface area contributed by atoms with Crippen LogP contribution in [0.2, 0.25) is 0 Å². The zero-order valence-corrected chi connectivity index (χ0v) is 8.74. The first kappa shape index (κ1) is 9.72. The van der Waals surface area contributed by atoms with E-state index in [1.165, 1.54) is 19.3 Å². The van der Waals surface area contributed by atoms with E-state index in [1.807, 2.05) is 37.3 Å². The van der Waals surface area contributed by atoms with Crippen molar-refractivity contribution >= 4 is 0 Å². The molecular weight excluding hydrogens is 172 g/mol. The normalized spacial score (nSPS) is 21.3. The molecule has 0 bridgehead atoms. The minimum Gasteiger partial charge on any atom is -0.385 e. The first-order valence-corrected chi connectivity index (χ1v) is 5.46. The predicted molar refractivity (Wildman–Crippen MR) is 58.0 cm³/mol. The number of aliphatic hydroxyl groups is 1. The number of benzene rings is 1. The van der Waals surface area contributed by atoms with Crippen molar-refractivity contribution in [2.24, 2.45) is 5.92 Å². The summed E-state index contributed by atoms with van der Waals surface area (Å²) in [5.41, 5.74) is 0.415. The second-order valence-electron chi connectivity index (χ2n) is 4.64. The van der Waals surface area contributed by atoms with Crippen LogP contribution >= 0.6 is 0 Å².